The van der Waals surface area contributed by atoms with Crippen molar-refractivity contribution in [3.8, 4) is 0 Å². The molecule has 1 N–H and O–H groups in total. The number of carbonyl (C=O) groups excluding carboxylic acids is 2. The summed E-state index contributed by atoms with van der Waals surface area (Å²) in [6.07, 6.45) is -3.11. The van der Waals surface area contributed by atoms with Crippen molar-refractivity contribution in [1.29, 1.82) is 0 Å². The molecule has 0 heterocycles. The fourth-order valence-corrected chi connectivity index (χ4v) is 2.70. The van der Waals surface area contributed by atoms with E-state index in [9.17, 15) is 22.8 Å². The number of carbonyl (C=O) groups is 2. The van der Waals surface area contributed by atoms with Gasteiger partial charge < -0.3 is 10.1 Å². The second-order valence-electron chi connectivity index (χ2n) is 6.15. The summed E-state index contributed by atoms with van der Waals surface area (Å²) in [4.78, 5) is 24.2. The van der Waals surface area contributed by atoms with Gasteiger partial charge in [0.1, 0.15) is 0 Å². The largest absolute Gasteiger partial charge is 0.455 e. The minimum absolute atomic E-state index is 0.197. The Bertz CT molecular complexity index is 797. The number of hydrogen-bond acceptors (Lipinski definition) is 3. The SMILES string of the molecule is O=C(COC(=O)C1(c2ccccc2)CC1)Nc1ccc(C(F)(F)F)cc1. The third kappa shape index (κ3) is 3.87. The fraction of sp³-hybridized carbons (Fsp3) is 0.263. The van der Waals surface area contributed by atoms with Crippen LogP contribution in [0.5, 0.6) is 0 Å². The number of alkyl halides is 3. The third-order valence-corrected chi connectivity index (χ3v) is 4.30. The van der Waals surface area contributed by atoms with Gasteiger partial charge in [-0.2, -0.15) is 13.2 Å². The number of rotatable bonds is 5. The minimum atomic E-state index is -4.44. The number of amides is 1. The lowest BCUT2D eigenvalue weighted by Gasteiger charge is -2.15. The Labute approximate surface area is 148 Å². The molecule has 3 rings (SSSR count). The van der Waals surface area contributed by atoms with Crippen molar-refractivity contribution in [2.75, 3.05) is 11.9 Å². The predicted molar refractivity (Wildman–Crippen MR) is 88.4 cm³/mol. The van der Waals surface area contributed by atoms with Crippen molar-refractivity contribution in [1.82, 2.24) is 0 Å². The van der Waals surface area contributed by atoms with Gasteiger partial charge in [-0.05, 0) is 42.7 Å². The van der Waals surface area contributed by atoms with Crippen LogP contribution in [0.15, 0.2) is 54.6 Å². The van der Waals surface area contributed by atoms with Gasteiger partial charge in [0.15, 0.2) is 6.61 Å². The summed E-state index contributed by atoms with van der Waals surface area (Å²) in [7, 11) is 0. The van der Waals surface area contributed by atoms with Gasteiger partial charge in [-0.15, -0.1) is 0 Å². The molecule has 0 unspecified atom stereocenters. The van der Waals surface area contributed by atoms with E-state index < -0.39 is 35.6 Å². The third-order valence-electron chi connectivity index (χ3n) is 4.30. The number of hydrogen-bond donors (Lipinski definition) is 1. The van der Waals surface area contributed by atoms with Crippen LogP contribution >= 0.6 is 0 Å². The zero-order valence-corrected chi connectivity index (χ0v) is 13.7. The second kappa shape index (κ2) is 6.82. The van der Waals surface area contributed by atoms with Crippen molar-refractivity contribution in [2.45, 2.75) is 24.4 Å². The van der Waals surface area contributed by atoms with Crippen molar-refractivity contribution in [3.05, 3.63) is 65.7 Å². The molecular weight excluding hydrogens is 347 g/mol. The molecule has 2 aromatic carbocycles. The molecule has 2 aromatic rings. The summed E-state index contributed by atoms with van der Waals surface area (Å²) in [6, 6.07) is 13.2. The van der Waals surface area contributed by atoms with E-state index in [0.29, 0.717) is 12.8 Å². The maximum Gasteiger partial charge on any atom is 0.416 e. The van der Waals surface area contributed by atoms with Crippen LogP contribution in [0.3, 0.4) is 0 Å². The van der Waals surface area contributed by atoms with E-state index >= 15 is 0 Å². The minimum Gasteiger partial charge on any atom is -0.455 e. The molecule has 7 heteroatoms. The number of benzene rings is 2. The van der Waals surface area contributed by atoms with Gasteiger partial charge in [-0.25, -0.2) is 0 Å². The van der Waals surface area contributed by atoms with Crippen LogP contribution in [0.1, 0.15) is 24.0 Å². The normalized spacial score (nSPS) is 15.2. The lowest BCUT2D eigenvalue weighted by atomic mass is 9.96. The highest BCUT2D eigenvalue weighted by atomic mass is 19.4. The standard InChI is InChI=1S/C19H16F3NO3/c20-19(21,22)14-6-8-15(9-7-14)23-16(24)12-26-17(25)18(10-11-18)13-4-2-1-3-5-13/h1-9H,10-12H2,(H,23,24). The topological polar surface area (TPSA) is 55.4 Å². The van der Waals surface area contributed by atoms with E-state index in [1.54, 1.807) is 0 Å². The van der Waals surface area contributed by atoms with Gasteiger partial charge in [0.2, 0.25) is 0 Å². The molecule has 0 radical (unpaired) electrons. The van der Waals surface area contributed by atoms with Crippen molar-refractivity contribution < 1.29 is 27.5 Å². The first kappa shape index (κ1) is 18.0. The van der Waals surface area contributed by atoms with Gasteiger partial charge in [0.25, 0.3) is 5.91 Å². The van der Waals surface area contributed by atoms with E-state index in [2.05, 4.69) is 5.32 Å². The van der Waals surface area contributed by atoms with Gasteiger partial charge in [0.05, 0.1) is 11.0 Å². The van der Waals surface area contributed by atoms with E-state index in [-0.39, 0.29) is 5.69 Å². The first-order chi connectivity index (χ1) is 12.3. The van der Waals surface area contributed by atoms with Crippen LogP contribution in [0, 0.1) is 0 Å². The summed E-state index contributed by atoms with van der Waals surface area (Å²) in [5.74, 6) is -1.08. The number of esters is 1. The zero-order chi connectivity index (χ0) is 18.8. The average molecular weight is 363 g/mol. The highest BCUT2D eigenvalue weighted by Crippen LogP contribution is 2.49. The van der Waals surface area contributed by atoms with E-state index in [1.165, 1.54) is 0 Å². The molecule has 1 amide bonds. The smallest absolute Gasteiger partial charge is 0.416 e. The zero-order valence-electron chi connectivity index (χ0n) is 13.7. The maximum absolute atomic E-state index is 12.5. The van der Waals surface area contributed by atoms with E-state index in [1.807, 2.05) is 30.3 Å². The highest BCUT2D eigenvalue weighted by molar-refractivity contribution is 5.94. The summed E-state index contributed by atoms with van der Waals surface area (Å²) in [5, 5.41) is 2.40. The van der Waals surface area contributed by atoms with Gasteiger partial charge >= 0.3 is 12.1 Å². The molecule has 26 heavy (non-hydrogen) atoms. The molecular formula is C19H16F3NO3. The molecule has 1 saturated carbocycles. The van der Waals surface area contributed by atoms with Gasteiger partial charge in [-0.1, -0.05) is 30.3 Å². The number of anilines is 1. The molecule has 1 aliphatic rings. The molecule has 0 bridgehead atoms. The van der Waals surface area contributed by atoms with Crippen LogP contribution in [0.2, 0.25) is 0 Å². The number of halogens is 3. The average Bonchev–Trinajstić information content (AvgIpc) is 3.42. The summed E-state index contributed by atoms with van der Waals surface area (Å²) >= 11 is 0. The molecule has 136 valence electrons. The monoisotopic (exact) mass is 363 g/mol. The van der Waals surface area contributed by atoms with Crippen LogP contribution in [-0.4, -0.2) is 18.5 Å². The fourth-order valence-electron chi connectivity index (χ4n) is 2.70. The lowest BCUT2D eigenvalue weighted by Crippen LogP contribution is -2.28. The Morgan fingerprint density at radius 3 is 2.15 bits per heavy atom. The lowest BCUT2D eigenvalue weighted by molar-refractivity contribution is -0.150. The molecule has 0 aromatic heterocycles. The molecule has 0 aliphatic heterocycles. The Balaban J connectivity index is 1.54. The Hall–Kier alpha value is -2.83. The quantitative estimate of drug-likeness (QED) is 0.820. The molecule has 1 aliphatic carbocycles. The number of ether oxygens (including phenoxy) is 1. The maximum atomic E-state index is 12.5. The molecule has 0 spiro atoms. The van der Waals surface area contributed by atoms with Gasteiger partial charge in [0, 0.05) is 5.69 Å². The van der Waals surface area contributed by atoms with Crippen LogP contribution < -0.4 is 5.32 Å². The van der Waals surface area contributed by atoms with Crippen LogP contribution in [-0.2, 0) is 25.9 Å². The first-order valence-electron chi connectivity index (χ1n) is 8.01. The predicted octanol–water partition coefficient (Wildman–Crippen LogP) is 3.92. The molecule has 4 nitrogen and oxygen atoms in total. The molecule has 0 atom stereocenters. The number of nitrogens with one attached hydrogen (secondary N) is 1. The molecule has 0 saturated heterocycles. The van der Waals surface area contributed by atoms with Crippen LogP contribution in [0.4, 0.5) is 18.9 Å². The van der Waals surface area contributed by atoms with Crippen LogP contribution in [0.25, 0.3) is 0 Å². The summed E-state index contributed by atoms with van der Waals surface area (Å²) < 4.78 is 42.6. The van der Waals surface area contributed by atoms with E-state index in [4.69, 9.17) is 4.74 Å². The van der Waals surface area contributed by atoms with E-state index in [0.717, 1.165) is 29.8 Å². The summed E-state index contributed by atoms with van der Waals surface area (Å²) in [5.41, 5.74) is -0.438. The van der Waals surface area contributed by atoms with Gasteiger partial charge in [-0.3, -0.25) is 9.59 Å². The van der Waals surface area contributed by atoms with Crippen molar-refractivity contribution in [3.63, 3.8) is 0 Å². The Morgan fingerprint density at radius 1 is 1.00 bits per heavy atom. The van der Waals surface area contributed by atoms with Crippen molar-refractivity contribution >= 4 is 17.6 Å². The van der Waals surface area contributed by atoms with Crippen molar-refractivity contribution in [2.24, 2.45) is 0 Å². The Morgan fingerprint density at radius 2 is 1.62 bits per heavy atom. The first-order valence-corrected chi connectivity index (χ1v) is 8.01. The Kier molecular flexibility index (Phi) is 4.71. The second-order valence-corrected chi connectivity index (χ2v) is 6.15. The highest BCUT2D eigenvalue weighted by Gasteiger charge is 2.52. The molecule has 1 fully saturated rings. The summed E-state index contributed by atoms with van der Waals surface area (Å²) in [6.45, 7) is -0.492.